The van der Waals surface area contributed by atoms with Crippen LogP contribution in [0.1, 0.15) is 25.3 Å². The predicted molar refractivity (Wildman–Crippen MR) is 89.0 cm³/mol. The molecule has 0 unspecified atom stereocenters. The van der Waals surface area contributed by atoms with Gasteiger partial charge in [-0.1, -0.05) is 37.1 Å². The van der Waals surface area contributed by atoms with Crippen LogP contribution in [0.15, 0.2) is 47.6 Å². The Bertz CT molecular complexity index is 649. The third kappa shape index (κ3) is 3.08. The minimum Gasteiger partial charge on any atom is -0.349 e. The first-order valence-electron chi connectivity index (χ1n) is 7.31. The number of anilines is 1. The molecule has 1 aromatic heterocycles. The smallest absolute Gasteiger partial charge is 0.154 e. The Morgan fingerprint density at radius 3 is 2.76 bits per heavy atom. The zero-order valence-electron chi connectivity index (χ0n) is 12.1. The maximum atomic E-state index is 5.97. The van der Waals surface area contributed by atoms with Crippen molar-refractivity contribution in [3.05, 3.63) is 53.2 Å². The van der Waals surface area contributed by atoms with Crippen LogP contribution in [0.4, 0.5) is 11.5 Å². The topological polar surface area (TPSA) is 28.5 Å². The summed E-state index contributed by atoms with van der Waals surface area (Å²) >= 11 is 5.97. The van der Waals surface area contributed by atoms with Gasteiger partial charge < -0.3 is 4.90 Å². The lowest BCUT2D eigenvalue weighted by atomic mass is 10.1. The summed E-state index contributed by atoms with van der Waals surface area (Å²) < 4.78 is 0. The van der Waals surface area contributed by atoms with Gasteiger partial charge in [-0.3, -0.25) is 0 Å². The Kier molecular flexibility index (Phi) is 4.20. The fourth-order valence-electron chi connectivity index (χ4n) is 2.49. The van der Waals surface area contributed by atoms with Gasteiger partial charge in [-0.05, 0) is 36.2 Å². The molecular formula is C17H18ClN3. The molecule has 0 saturated carbocycles. The maximum absolute atomic E-state index is 5.97. The highest BCUT2D eigenvalue weighted by Gasteiger charge is 2.20. The van der Waals surface area contributed by atoms with E-state index in [-0.39, 0.29) is 0 Å². The van der Waals surface area contributed by atoms with Crippen molar-refractivity contribution in [1.29, 1.82) is 0 Å². The Morgan fingerprint density at radius 2 is 2.00 bits per heavy atom. The number of nitrogens with zero attached hydrogens (tertiary/aromatic N) is 3. The number of rotatable bonds is 4. The average molecular weight is 300 g/mol. The fourth-order valence-corrected chi connectivity index (χ4v) is 2.61. The van der Waals surface area contributed by atoms with Crippen LogP contribution in [0.3, 0.4) is 0 Å². The van der Waals surface area contributed by atoms with Crippen molar-refractivity contribution in [2.45, 2.75) is 19.8 Å². The Morgan fingerprint density at radius 1 is 1.19 bits per heavy atom. The van der Waals surface area contributed by atoms with Crippen molar-refractivity contribution >= 4 is 28.8 Å². The molecule has 108 valence electrons. The number of benzene rings is 1. The molecule has 2 aromatic rings. The van der Waals surface area contributed by atoms with Crippen molar-refractivity contribution in [1.82, 2.24) is 4.98 Å². The molecular weight excluding hydrogens is 282 g/mol. The first-order valence-corrected chi connectivity index (χ1v) is 7.69. The van der Waals surface area contributed by atoms with Crippen molar-refractivity contribution in [3.63, 3.8) is 0 Å². The van der Waals surface area contributed by atoms with Gasteiger partial charge in [0.05, 0.1) is 12.3 Å². The number of pyridine rings is 1. The van der Waals surface area contributed by atoms with Gasteiger partial charge in [-0.25, -0.2) is 9.98 Å². The number of fused-ring (bicyclic) bond motifs is 1. The Balaban J connectivity index is 1.96. The summed E-state index contributed by atoms with van der Waals surface area (Å²) in [6.45, 7) is 4.01. The van der Waals surface area contributed by atoms with Gasteiger partial charge in [0.25, 0.3) is 0 Å². The highest BCUT2D eigenvalue weighted by molar-refractivity contribution is 6.30. The zero-order valence-corrected chi connectivity index (χ0v) is 12.8. The van der Waals surface area contributed by atoms with Crippen LogP contribution in [-0.2, 0) is 0 Å². The molecule has 4 heteroatoms. The molecule has 0 aliphatic carbocycles. The van der Waals surface area contributed by atoms with Crippen LogP contribution in [0.25, 0.3) is 0 Å². The van der Waals surface area contributed by atoms with E-state index in [1.54, 1.807) is 0 Å². The average Bonchev–Trinajstić information content (AvgIpc) is 2.53. The van der Waals surface area contributed by atoms with Gasteiger partial charge in [0.1, 0.15) is 5.69 Å². The molecule has 0 spiro atoms. The molecule has 0 radical (unpaired) electrons. The molecule has 0 saturated heterocycles. The molecule has 1 aliphatic rings. The van der Waals surface area contributed by atoms with E-state index >= 15 is 0 Å². The Hall–Kier alpha value is -1.87. The largest absolute Gasteiger partial charge is 0.349 e. The van der Waals surface area contributed by atoms with E-state index in [1.807, 2.05) is 42.6 Å². The number of aromatic nitrogens is 1. The summed E-state index contributed by atoms with van der Waals surface area (Å²) in [7, 11) is 0. The van der Waals surface area contributed by atoms with Crippen molar-refractivity contribution < 1.29 is 0 Å². The third-order valence-corrected chi connectivity index (χ3v) is 3.87. The number of unbranched alkanes of at least 4 members (excludes halogenated alkanes) is 1. The number of halogens is 1. The lowest BCUT2D eigenvalue weighted by Gasteiger charge is -2.29. The SMILES string of the molecule is CCCCN1CC(c2ccc(Cl)cc2)=Nc2cccnc21. The summed E-state index contributed by atoms with van der Waals surface area (Å²) in [5.41, 5.74) is 3.14. The van der Waals surface area contributed by atoms with Crippen LogP contribution in [-0.4, -0.2) is 23.8 Å². The van der Waals surface area contributed by atoms with Crippen LogP contribution >= 0.6 is 11.6 Å². The zero-order chi connectivity index (χ0) is 14.7. The van der Waals surface area contributed by atoms with Gasteiger partial charge in [0.2, 0.25) is 0 Å². The van der Waals surface area contributed by atoms with E-state index in [4.69, 9.17) is 16.6 Å². The van der Waals surface area contributed by atoms with Gasteiger partial charge in [-0.15, -0.1) is 0 Å². The normalized spacial score (nSPS) is 13.8. The summed E-state index contributed by atoms with van der Waals surface area (Å²) in [5, 5.41) is 0.750. The molecule has 3 nitrogen and oxygen atoms in total. The lowest BCUT2D eigenvalue weighted by Crippen LogP contribution is -2.34. The monoisotopic (exact) mass is 299 g/mol. The molecule has 0 fully saturated rings. The first-order chi connectivity index (χ1) is 10.3. The highest BCUT2D eigenvalue weighted by Crippen LogP contribution is 2.31. The molecule has 0 N–H and O–H groups in total. The molecule has 0 amide bonds. The number of hydrogen-bond donors (Lipinski definition) is 0. The standard InChI is InChI=1S/C17H18ClN3/c1-2-3-11-21-12-16(13-6-8-14(18)9-7-13)20-15-5-4-10-19-17(15)21/h4-10H,2-3,11-12H2,1H3. The minimum absolute atomic E-state index is 0.750. The quantitative estimate of drug-likeness (QED) is 0.833. The van der Waals surface area contributed by atoms with Crippen molar-refractivity contribution in [2.75, 3.05) is 18.0 Å². The van der Waals surface area contributed by atoms with E-state index in [1.165, 1.54) is 6.42 Å². The fraction of sp³-hybridized carbons (Fsp3) is 0.294. The van der Waals surface area contributed by atoms with Gasteiger partial charge in [0.15, 0.2) is 5.82 Å². The van der Waals surface area contributed by atoms with E-state index < -0.39 is 0 Å². The molecule has 1 aliphatic heterocycles. The molecule has 0 bridgehead atoms. The molecule has 3 rings (SSSR count). The summed E-state index contributed by atoms with van der Waals surface area (Å²) in [6, 6.07) is 11.8. The van der Waals surface area contributed by atoms with Crippen molar-refractivity contribution in [3.8, 4) is 0 Å². The van der Waals surface area contributed by atoms with Gasteiger partial charge in [0, 0.05) is 17.8 Å². The van der Waals surface area contributed by atoms with E-state index in [9.17, 15) is 0 Å². The second-order valence-corrected chi connectivity index (χ2v) is 5.62. The third-order valence-electron chi connectivity index (χ3n) is 3.62. The second kappa shape index (κ2) is 6.27. The van der Waals surface area contributed by atoms with Crippen LogP contribution in [0.2, 0.25) is 5.02 Å². The predicted octanol–water partition coefficient (Wildman–Crippen LogP) is 4.48. The van der Waals surface area contributed by atoms with Crippen LogP contribution in [0.5, 0.6) is 0 Å². The van der Waals surface area contributed by atoms with E-state index in [0.29, 0.717) is 0 Å². The lowest BCUT2D eigenvalue weighted by molar-refractivity contribution is 0.741. The summed E-state index contributed by atoms with van der Waals surface area (Å²) in [5.74, 6) is 0.990. The minimum atomic E-state index is 0.750. The maximum Gasteiger partial charge on any atom is 0.154 e. The first kappa shape index (κ1) is 14.1. The molecule has 2 heterocycles. The Labute approximate surface area is 130 Å². The molecule has 1 aromatic carbocycles. The van der Waals surface area contributed by atoms with Gasteiger partial charge in [-0.2, -0.15) is 0 Å². The molecule has 21 heavy (non-hydrogen) atoms. The number of aliphatic imine (C=N–C) groups is 1. The summed E-state index contributed by atoms with van der Waals surface area (Å²) in [4.78, 5) is 11.6. The van der Waals surface area contributed by atoms with Crippen LogP contribution in [0, 0.1) is 0 Å². The van der Waals surface area contributed by atoms with E-state index in [2.05, 4.69) is 16.8 Å². The molecule has 0 atom stereocenters. The number of hydrogen-bond acceptors (Lipinski definition) is 3. The van der Waals surface area contributed by atoms with Crippen LogP contribution < -0.4 is 4.90 Å². The highest BCUT2D eigenvalue weighted by atomic mass is 35.5. The van der Waals surface area contributed by atoms with E-state index in [0.717, 1.165) is 47.3 Å². The van der Waals surface area contributed by atoms with Gasteiger partial charge >= 0.3 is 0 Å². The second-order valence-electron chi connectivity index (χ2n) is 5.19. The van der Waals surface area contributed by atoms with Crippen molar-refractivity contribution in [2.24, 2.45) is 4.99 Å². The summed E-state index contributed by atoms with van der Waals surface area (Å²) in [6.07, 6.45) is 4.16.